The Kier molecular flexibility index (Phi) is 6.26. The maximum Gasteiger partial charge on any atom is 0.328 e. The SMILES string of the molecule is CCOC(=O)C(C)NC(=S)NC1CCCCC1. The highest BCUT2D eigenvalue weighted by atomic mass is 32.1. The third kappa shape index (κ3) is 5.35. The molecule has 0 amide bonds. The molecule has 1 rings (SSSR count). The van der Waals surface area contributed by atoms with Gasteiger partial charge in [-0.05, 0) is 38.9 Å². The highest BCUT2D eigenvalue weighted by molar-refractivity contribution is 7.80. The van der Waals surface area contributed by atoms with Crippen molar-refractivity contribution in [2.75, 3.05) is 6.61 Å². The van der Waals surface area contributed by atoms with Crippen LogP contribution in [0.3, 0.4) is 0 Å². The fourth-order valence-electron chi connectivity index (χ4n) is 2.00. The van der Waals surface area contributed by atoms with Crippen LogP contribution in [-0.4, -0.2) is 29.8 Å². The molecule has 1 atom stereocenters. The second-order valence-corrected chi connectivity index (χ2v) is 4.83. The van der Waals surface area contributed by atoms with Crippen molar-refractivity contribution in [1.29, 1.82) is 0 Å². The molecule has 98 valence electrons. The first-order chi connectivity index (χ1) is 8.13. The van der Waals surface area contributed by atoms with E-state index in [1.807, 2.05) is 0 Å². The van der Waals surface area contributed by atoms with Crippen LogP contribution in [0.15, 0.2) is 0 Å². The Morgan fingerprint density at radius 1 is 1.41 bits per heavy atom. The zero-order chi connectivity index (χ0) is 12.7. The van der Waals surface area contributed by atoms with E-state index < -0.39 is 6.04 Å². The summed E-state index contributed by atoms with van der Waals surface area (Å²) < 4.78 is 4.91. The number of esters is 1. The summed E-state index contributed by atoms with van der Waals surface area (Å²) in [6.07, 6.45) is 6.16. The van der Waals surface area contributed by atoms with Gasteiger partial charge in [0.05, 0.1) is 6.61 Å². The van der Waals surface area contributed by atoms with Gasteiger partial charge in [0.1, 0.15) is 6.04 Å². The molecule has 0 bridgehead atoms. The first-order valence-electron chi connectivity index (χ1n) is 6.37. The summed E-state index contributed by atoms with van der Waals surface area (Å²) in [5.74, 6) is -0.264. The molecular formula is C12H22N2O2S. The van der Waals surface area contributed by atoms with E-state index in [4.69, 9.17) is 17.0 Å². The van der Waals surface area contributed by atoms with E-state index in [0.717, 1.165) is 12.8 Å². The van der Waals surface area contributed by atoms with Crippen molar-refractivity contribution in [1.82, 2.24) is 10.6 Å². The lowest BCUT2D eigenvalue weighted by molar-refractivity contribution is -0.144. The van der Waals surface area contributed by atoms with Crippen molar-refractivity contribution in [2.24, 2.45) is 0 Å². The van der Waals surface area contributed by atoms with E-state index in [-0.39, 0.29) is 5.97 Å². The summed E-state index contributed by atoms with van der Waals surface area (Å²) in [5, 5.41) is 6.77. The molecule has 1 aliphatic carbocycles. The third-order valence-corrected chi connectivity index (χ3v) is 3.16. The average Bonchev–Trinajstić information content (AvgIpc) is 2.30. The number of nitrogens with one attached hydrogen (secondary N) is 2. The van der Waals surface area contributed by atoms with Crippen molar-refractivity contribution in [2.45, 2.75) is 58.0 Å². The predicted molar refractivity (Wildman–Crippen MR) is 71.8 cm³/mol. The highest BCUT2D eigenvalue weighted by Gasteiger charge is 2.17. The quantitative estimate of drug-likeness (QED) is 0.594. The van der Waals surface area contributed by atoms with Gasteiger partial charge in [-0.2, -0.15) is 0 Å². The molecule has 2 N–H and O–H groups in total. The second kappa shape index (κ2) is 7.48. The van der Waals surface area contributed by atoms with Crippen molar-refractivity contribution in [3.8, 4) is 0 Å². The van der Waals surface area contributed by atoms with Gasteiger partial charge in [-0.1, -0.05) is 19.3 Å². The summed E-state index contributed by atoms with van der Waals surface area (Å²) in [7, 11) is 0. The van der Waals surface area contributed by atoms with Crippen LogP contribution in [-0.2, 0) is 9.53 Å². The van der Waals surface area contributed by atoms with Crippen LogP contribution in [0.25, 0.3) is 0 Å². The van der Waals surface area contributed by atoms with Gasteiger partial charge in [0.2, 0.25) is 0 Å². The molecule has 17 heavy (non-hydrogen) atoms. The largest absolute Gasteiger partial charge is 0.464 e. The average molecular weight is 258 g/mol. The smallest absolute Gasteiger partial charge is 0.328 e. The van der Waals surface area contributed by atoms with Crippen molar-refractivity contribution in [3.63, 3.8) is 0 Å². The summed E-state index contributed by atoms with van der Waals surface area (Å²) in [6.45, 7) is 3.95. The standard InChI is InChI=1S/C12H22N2O2S/c1-3-16-11(15)9(2)13-12(17)14-10-7-5-4-6-8-10/h9-10H,3-8H2,1-2H3,(H2,13,14,17). The van der Waals surface area contributed by atoms with Crippen LogP contribution in [0.2, 0.25) is 0 Å². The molecule has 1 saturated carbocycles. The number of hydrogen-bond acceptors (Lipinski definition) is 3. The van der Waals surface area contributed by atoms with Gasteiger partial charge in [-0.15, -0.1) is 0 Å². The maximum atomic E-state index is 11.4. The lowest BCUT2D eigenvalue weighted by Gasteiger charge is -2.25. The molecule has 0 aromatic heterocycles. The zero-order valence-corrected chi connectivity index (χ0v) is 11.4. The first-order valence-corrected chi connectivity index (χ1v) is 6.78. The van der Waals surface area contributed by atoms with E-state index in [1.165, 1.54) is 19.3 Å². The Bertz CT molecular complexity index is 265. The van der Waals surface area contributed by atoms with Crippen LogP contribution in [0.1, 0.15) is 46.0 Å². The number of thiocarbonyl (C=S) groups is 1. The number of carbonyl (C=O) groups excluding carboxylic acids is 1. The van der Waals surface area contributed by atoms with Gasteiger partial charge in [-0.3, -0.25) is 0 Å². The van der Waals surface area contributed by atoms with Gasteiger partial charge < -0.3 is 15.4 Å². The molecule has 4 nitrogen and oxygen atoms in total. The van der Waals surface area contributed by atoms with Gasteiger partial charge >= 0.3 is 5.97 Å². The van der Waals surface area contributed by atoms with Crippen molar-refractivity contribution < 1.29 is 9.53 Å². The molecule has 0 radical (unpaired) electrons. The number of ether oxygens (including phenoxy) is 1. The molecule has 1 fully saturated rings. The molecule has 0 saturated heterocycles. The van der Waals surface area contributed by atoms with Gasteiger partial charge in [0.15, 0.2) is 5.11 Å². The van der Waals surface area contributed by atoms with E-state index in [2.05, 4.69) is 10.6 Å². The third-order valence-electron chi connectivity index (χ3n) is 2.93. The minimum atomic E-state index is -0.390. The fraction of sp³-hybridized carbons (Fsp3) is 0.833. The summed E-state index contributed by atoms with van der Waals surface area (Å²) >= 11 is 5.18. The molecule has 0 aliphatic heterocycles. The van der Waals surface area contributed by atoms with Crippen molar-refractivity contribution >= 4 is 23.3 Å². The molecule has 0 heterocycles. The second-order valence-electron chi connectivity index (χ2n) is 4.43. The summed E-state index contributed by atoms with van der Waals surface area (Å²) in [4.78, 5) is 11.4. The van der Waals surface area contributed by atoms with Gasteiger partial charge in [0, 0.05) is 6.04 Å². The molecular weight excluding hydrogens is 236 g/mol. The van der Waals surface area contributed by atoms with Gasteiger partial charge in [-0.25, -0.2) is 4.79 Å². The van der Waals surface area contributed by atoms with Crippen LogP contribution >= 0.6 is 12.2 Å². The molecule has 1 unspecified atom stereocenters. The van der Waals surface area contributed by atoms with Gasteiger partial charge in [0.25, 0.3) is 0 Å². The highest BCUT2D eigenvalue weighted by Crippen LogP contribution is 2.17. The fourth-order valence-corrected chi connectivity index (χ4v) is 2.34. The molecule has 0 aromatic rings. The van der Waals surface area contributed by atoms with E-state index in [1.54, 1.807) is 13.8 Å². The number of carbonyl (C=O) groups is 1. The van der Waals surface area contributed by atoms with Crippen LogP contribution in [0.4, 0.5) is 0 Å². The molecule has 0 aromatic carbocycles. The van der Waals surface area contributed by atoms with Crippen LogP contribution in [0, 0.1) is 0 Å². The van der Waals surface area contributed by atoms with E-state index in [0.29, 0.717) is 17.8 Å². The van der Waals surface area contributed by atoms with Crippen LogP contribution in [0.5, 0.6) is 0 Å². The minimum Gasteiger partial charge on any atom is -0.464 e. The minimum absolute atomic E-state index is 0.264. The number of rotatable bonds is 4. The molecule has 0 spiro atoms. The lowest BCUT2D eigenvalue weighted by atomic mass is 9.96. The van der Waals surface area contributed by atoms with E-state index in [9.17, 15) is 4.79 Å². The molecule has 1 aliphatic rings. The Morgan fingerprint density at radius 2 is 2.06 bits per heavy atom. The Labute approximate surface area is 108 Å². The normalized spacial score (nSPS) is 18.2. The Hall–Kier alpha value is -0.840. The zero-order valence-electron chi connectivity index (χ0n) is 10.6. The lowest BCUT2D eigenvalue weighted by Crippen LogP contribution is -2.48. The first kappa shape index (κ1) is 14.2. The summed E-state index contributed by atoms with van der Waals surface area (Å²) in [6, 6.07) is 0.0664. The monoisotopic (exact) mass is 258 g/mol. The molecule has 5 heteroatoms. The number of hydrogen-bond donors (Lipinski definition) is 2. The topological polar surface area (TPSA) is 50.4 Å². The Balaban J connectivity index is 2.25. The predicted octanol–water partition coefficient (Wildman–Crippen LogP) is 1.73. The van der Waals surface area contributed by atoms with E-state index >= 15 is 0 Å². The Morgan fingerprint density at radius 3 is 2.65 bits per heavy atom. The van der Waals surface area contributed by atoms with Crippen LogP contribution < -0.4 is 10.6 Å². The maximum absolute atomic E-state index is 11.4. The summed E-state index contributed by atoms with van der Waals surface area (Å²) in [5.41, 5.74) is 0. The van der Waals surface area contributed by atoms with Crippen molar-refractivity contribution in [3.05, 3.63) is 0 Å².